The predicted molar refractivity (Wildman–Crippen MR) is 135 cm³/mol. The Morgan fingerprint density at radius 1 is 1.08 bits per heavy atom. The second-order valence-corrected chi connectivity index (χ2v) is 8.06. The van der Waals surface area contributed by atoms with Crippen LogP contribution in [0.2, 0.25) is 0 Å². The lowest BCUT2D eigenvalue weighted by molar-refractivity contribution is 0.0734. The van der Waals surface area contributed by atoms with Crippen molar-refractivity contribution < 1.29 is 23.7 Å². The molecule has 4 rings (SSSR count). The van der Waals surface area contributed by atoms with Gasteiger partial charge in [0.25, 0.3) is 0 Å². The number of allylic oxidation sites excluding steroid dienone is 1. The highest BCUT2D eigenvalue weighted by Crippen LogP contribution is 2.44. The number of rotatable bonds is 9. The molecule has 7 heteroatoms. The van der Waals surface area contributed by atoms with Crippen molar-refractivity contribution in [3.8, 4) is 29.1 Å². The van der Waals surface area contributed by atoms with Crippen LogP contribution in [0.3, 0.4) is 0 Å². The van der Waals surface area contributed by atoms with Gasteiger partial charge in [-0.25, -0.2) is 4.79 Å². The van der Waals surface area contributed by atoms with E-state index in [-0.39, 0.29) is 17.2 Å². The van der Waals surface area contributed by atoms with Crippen molar-refractivity contribution in [3.05, 3.63) is 108 Å². The first kappa shape index (κ1) is 24.4. The van der Waals surface area contributed by atoms with Crippen LogP contribution in [-0.4, -0.2) is 19.2 Å². The second kappa shape index (κ2) is 11.2. The van der Waals surface area contributed by atoms with Crippen LogP contribution in [0.4, 0.5) is 0 Å². The van der Waals surface area contributed by atoms with Gasteiger partial charge < -0.3 is 24.7 Å². The number of benzene rings is 3. The minimum absolute atomic E-state index is 0.00309. The molecule has 3 aromatic carbocycles. The maximum Gasteiger partial charge on any atom is 0.343 e. The fraction of sp³-hybridized carbons (Fsp3) is 0.172. The molecule has 0 radical (unpaired) electrons. The van der Waals surface area contributed by atoms with Crippen LogP contribution in [0, 0.1) is 11.3 Å². The predicted octanol–water partition coefficient (Wildman–Crippen LogP) is 5.48. The number of fused-ring (bicyclic) bond motifs is 1. The molecule has 182 valence electrons. The van der Waals surface area contributed by atoms with Gasteiger partial charge in [0.05, 0.1) is 18.1 Å². The van der Waals surface area contributed by atoms with E-state index in [2.05, 4.69) is 12.6 Å². The molecule has 36 heavy (non-hydrogen) atoms. The number of carbonyl (C=O) groups excluding carboxylic acids is 1. The first-order valence-electron chi connectivity index (χ1n) is 11.5. The van der Waals surface area contributed by atoms with Gasteiger partial charge in [-0.3, -0.25) is 0 Å². The van der Waals surface area contributed by atoms with E-state index in [1.807, 2.05) is 31.2 Å². The number of hydrogen-bond donors (Lipinski definition) is 1. The van der Waals surface area contributed by atoms with Crippen LogP contribution in [0.1, 0.15) is 40.7 Å². The summed E-state index contributed by atoms with van der Waals surface area (Å²) in [5.74, 6) is 0.932. The van der Waals surface area contributed by atoms with Gasteiger partial charge in [-0.2, -0.15) is 5.26 Å². The number of esters is 1. The summed E-state index contributed by atoms with van der Waals surface area (Å²) in [6.07, 6.45) is 2.52. The van der Waals surface area contributed by atoms with Gasteiger partial charge in [0.1, 0.15) is 41.2 Å². The molecular weight excluding hydrogens is 456 g/mol. The van der Waals surface area contributed by atoms with Crippen LogP contribution in [-0.2, 0) is 0 Å². The van der Waals surface area contributed by atoms with Gasteiger partial charge in [0.2, 0.25) is 5.88 Å². The Hall–Kier alpha value is -4.70. The van der Waals surface area contributed by atoms with E-state index >= 15 is 0 Å². The molecule has 0 aromatic heterocycles. The second-order valence-electron chi connectivity index (χ2n) is 8.06. The number of nitrogens with zero attached hydrogens (tertiary/aromatic N) is 1. The molecule has 0 saturated heterocycles. The first-order valence-corrected chi connectivity index (χ1v) is 11.5. The topological polar surface area (TPSA) is 104 Å². The van der Waals surface area contributed by atoms with Gasteiger partial charge in [0, 0.05) is 11.6 Å². The summed E-state index contributed by atoms with van der Waals surface area (Å²) in [6, 6.07) is 21.5. The summed E-state index contributed by atoms with van der Waals surface area (Å²) < 4.78 is 22.6. The first-order chi connectivity index (χ1) is 17.5. The molecule has 0 amide bonds. The molecule has 0 fully saturated rings. The Balaban J connectivity index is 1.62. The number of hydrogen-bond acceptors (Lipinski definition) is 7. The molecule has 0 saturated carbocycles. The fourth-order valence-electron chi connectivity index (χ4n) is 3.88. The van der Waals surface area contributed by atoms with Crippen LogP contribution in [0.15, 0.2) is 90.8 Å². The average molecular weight is 483 g/mol. The molecular formula is C29H26N2O5. The molecule has 0 aliphatic carbocycles. The van der Waals surface area contributed by atoms with E-state index < -0.39 is 11.9 Å². The molecule has 3 aromatic rings. The van der Waals surface area contributed by atoms with Gasteiger partial charge in [-0.05, 0) is 48.4 Å². The summed E-state index contributed by atoms with van der Waals surface area (Å²) in [7, 11) is 0. The van der Waals surface area contributed by atoms with Crippen LogP contribution in [0.25, 0.3) is 0 Å². The van der Waals surface area contributed by atoms with Crippen molar-refractivity contribution in [2.45, 2.75) is 19.3 Å². The zero-order valence-electron chi connectivity index (χ0n) is 19.9. The molecule has 7 nitrogen and oxygen atoms in total. The van der Waals surface area contributed by atoms with Gasteiger partial charge in [-0.1, -0.05) is 43.8 Å². The van der Waals surface area contributed by atoms with Crippen molar-refractivity contribution >= 4 is 5.97 Å². The molecule has 1 atom stereocenters. The molecule has 0 spiro atoms. The molecule has 2 N–H and O–H groups in total. The molecule has 1 unspecified atom stereocenters. The van der Waals surface area contributed by atoms with Crippen molar-refractivity contribution in [2.24, 2.45) is 5.73 Å². The van der Waals surface area contributed by atoms with E-state index in [0.29, 0.717) is 36.0 Å². The Labute approximate surface area is 210 Å². The van der Waals surface area contributed by atoms with E-state index in [0.717, 1.165) is 17.5 Å². The Morgan fingerprint density at radius 3 is 2.61 bits per heavy atom. The Morgan fingerprint density at radius 2 is 1.86 bits per heavy atom. The number of nitrogens with two attached hydrogens (primary N) is 1. The molecule has 0 bridgehead atoms. The SMILES string of the molecule is C=CCOc1cccc(C2C(C#N)=C(N)Oc3cc(OC(=O)c4cccc(OCCC)c4)ccc32)c1. The summed E-state index contributed by atoms with van der Waals surface area (Å²) in [5, 5.41) is 9.81. The lowest BCUT2D eigenvalue weighted by Crippen LogP contribution is -2.21. The summed E-state index contributed by atoms with van der Waals surface area (Å²) >= 11 is 0. The van der Waals surface area contributed by atoms with E-state index in [1.165, 1.54) is 0 Å². The number of nitriles is 1. The quantitative estimate of drug-likeness (QED) is 0.245. The molecule has 1 aliphatic rings. The smallest absolute Gasteiger partial charge is 0.343 e. The highest BCUT2D eigenvalue weighted by Gasteiger charge is 2.31. The number of carbonyl (C=O) groups is 1. The monoisotopic (exact) mass is 482 g/mol. The summed E-state index contributed by atoms with van der Waals surface area (Å²) in [4.78, 5) is 12.8. The van der Waals surface area contributed by atoms with Gasteiger partial charge in [-0.15, -0.1) is 0 Å². The zero-order valence-corrected chi connectivity index (χ0v) is 19.9. The minimum Gasteiger partial charge on any atom is -0.494 e. The summed E-state index contributed by atoms with van der Waals surface area (Å²) in [6.45, 7) is 6.60. The third-order valence-electron chi connectivity index (χ3n) is 5.50. The maximum absolute atomic E-state index is 12.8. The molecule has 1 aliphatic heterocycles. The Bertz CT molecular complexity index is 1360. The lowest BCUT2D eigenvalue weighted by atomic mass is 9.83. The maximum atomic E-state index is 12.8. The average Bonchev–Trinajstić information content (AvgIpc) is 2.90. The molecule has 1 heterocycles. The third-order valence-corrected chi connectivity index (χ3v) is 5.50. The fourth-order valence-corrected chi connectivity index (χ4v) is 3.88. The van der Waals surface area contributed by atoms with Crippen molar-refractivity contribution in [3.63, 3.8) is 0 Å². The Kier molecular flexibility index (Phi) is 7.57. The minimum atomic E-state index is -0.530. The zero-order chi connectivity index (χ0) is 25.5. The van der Waals surface area contributed by atoms with Crippen LogP contribution >= 0.6 is 0 Å². The van der Waals surface area contributed by atoms with Gasteiger partial charge >= 0.3 is 5.97 Å². The van der Waals surface area contributed by atoms with Gasteiger partial charge in [0.15, 0.2) is 0 Å². The number of ether oxygens (including phenoxy) is 4. The largest absolute Gasteiger partial charge is 0.494 e. The van der Waals surface area contributed by atoms with Crippen molar-refractivity contribution in [1.29, 1.82) is 5.26 Å². The van der Waals surface area contributed by atoms with Crippen LogP contribution in [0.5, 0.6) is 23.0 Å². The van der Waals surface area contributed by atoms with Crippen molar-refractivity contribution in [1.82, 2.24) is 0 Å². The third kappa shape index (κ3) is 5.34. The normalized spacial score (nSPS) is 14.2. The summed E-state index contributed by atoms with van der Waals surface area (Å²) in [5.41, 5.74) is 8.30. The highest BCUT2D eigenvalue weighted by molar-refractivity contribution is 5.91. The highest BCUT2D eigenvalue weighted by atomic mass is 16.5. The lowest BCUT2D eigenvalue weighted by Gasteiger charge is -2.27. The standard InChI is InChI=1S/C29H26N2O5/c1-3-13-33-21-9-5-7-19(15-21)27-24-12-11-23(17-26(24)36-28(31)25(27)18-30)35-29(32)20-8-6-10-22(16-20)34-14-4-2/h3,5-12,15-17,27H,1,4,13-14,31H2,2H3. The van der Waals surface area contributed by atoms with E-state index in [1.54, 1.807) is 48.5 Å². The van der Waals surface area contributed by atoms with Crippen LogP contribution < -0.4 is 24.7 Å². The van der Waals surface area contributed by atoms with E-state index in [4.69, 9.17) is 24.7 Å². The van der Waals surface area contributed by atoms with E-state index in [9.17, 15) is 10.1 Å². The van der Waals surface area contributed by atoms with Crippen molar-refractivity contribution in [2.75, 3.05) is 13.2 Å².